The monoisotopic (exact) mass is 428 g/mol. The van der Waals surface area contributed by atoms with E-state index in [1.807, 2.05) is 32.4 Å². The smallest absolute Gasteiger partial charge is 0.446 e. The van der Waals surface area contributed by atoms with Gasteiger partial charge in [0.15, 0.2) is 0 Å². The number of hydrogen-bond acceptors (Lipinski definition) is 8. The van der Waals surface area contributed by atoms with E-state index in [2.05, 4.69) is 12.0 Å². The zero-order valence-corrected chi connectivity index (χ0v) is 18.9. The summed E-state index contributed by atoms with van der Waals surface area (Å²) in [4.78, 5) is 11.7. The summed E-state index contributed by atoms with van der Waals surface area (Å²) < 4.78 is 29.2. The first-order chi connectivity index (χ1) is 14.2. The number of methoxy groups -OCH3 is 1. The van der Waals surface area contributed by atoms with Crippen LogP contribution in [0, 0.1) is 19.8 Å². The molecular weight excluding hydrogens is 392 g/mol. The van der Waals surface area contributed by atoms with E-state index in [4.69, 9.17) is 23.7 Å². The molecule has 1 aliphatic rings. The fourth-order valence-electron chi connectivity index (χ4n) is 3.29. The Morgan fingerprint density at radius 2 is 2.00 bits per heavy atom. The number of aliphatic hydroxyl groups excluding tert-OH is 1. The Morgan fingerprint density at radius 3 is 2.63 bits per heavy atom. The van der Waals surface area contributed by atoms with Crippen molar-refractivity contribution >= 4 is 6.16 Å². The minimum Gasteiger partial charge on any atom is -0.446 e. The molecule has 30 heavy (non-hydrogen) atoms. The van der Waals surface area contributed by atoms with Gasteiger partial charge in [0, 0.05) is 31.2 Å². The number of aromatic nitrogens is 2. The SMILES string of the molecule is CCC(COC)n1nc(OC2CC(O)CC(COC(=O)OCC(C)C)O2)c(C)c1C. The summed E-state index contributed by atoms with van der Waals surface area (Å²) in [7, 11) is 1.67. The maximum absolute atomic E-state index is 11.7. The van der Waals surface area contributed by atoms with Crippen LogP contribution in [0.15, 0.2) is 0 Å². The molecule has 4 unspecified atom stereocenters. The molecule has 0 spiro atoms. The van der Waals surface area contributed by atoms with Crippen molar-refractivity contribution in [2.45, 2.75) is 78.4 Å². The van der Waals surface area contributed by atoms with Gasteiger partial charge in [-0.3, -0.25) is 4.68 Å². The largest absolute Gasteiger partial charge is 0.508 e. The van der Waals surface area contributed by atoms with Crippen LogP contribution in [0.3, 0.4) is 0 Å². The Morgan fingerprint density at radius 1 is 1.27 bits per heavy atom. The van der Waals surface area contributed by atoms with Crippen molar-refractivity contribution < 1.29 is 33.6 Å². The standard InChI is InChI=1S/C21H36N2O7/c1-7-16(11-26-6)23-15(5)14(4)20(22-23)30-19-9-17(24)8-18(29-19)12-28-21(25)27-10-13(2)3/h13,16-19,24H,7-12H2,1-6H3. The number of aliphatic hydroxyl groups is 1. The highest BCUT2D eigenvalue weighted by molar-refractivity contribution is 5.59. The molecule has 0 saturated carbocycles. The lowest BCUT2D eigenvalue weighted by Gasteiger charge is -2.32. The second-order valence-corrected chi connectivity index (χ2v) is 8.17. The first-order valence-electron chi connectivity index (χ1n) is 10.6. The molecular formula is C21H36N2O7. The molecule has 1 aromatic rings. The van der Waals surface area contributed by atoms with Crippen molar-refractivity contribution in [1.29, 1.82) is 0 Å². The Balaban J connectivity index is 1.97. The van der Waals surface area contributed by atoms with E-state index in [9.17, 15) is 9.90 Å². The first kappa shape index (κ1) is 24.4. The number of hydrogen-bond donors (Lipinski definition) is 1. The first-order valence-corrected chi connectivity index (χ1v) is 10.6. The Labute approximate surface area is 178 Å². The van der Waals surface area contributed by atoms with Crippen LogP contribution in [0.4, 0.5) is 4.79 Å². The van der Waals surface area contributed by atoms with E-state index in [-0.39, 0.29) is 18.6 Å². The normalized spacial score (nSPS) is 22.7. The van der Waals surface area contributed by atoms with Crippen LogP contribution in [0.25, 0.3) is 0 Å². The highest BCUT2D eigenvalue weighted by Crippen LogP contribution is 2.28. The van der Waals surface area contributed by atoms with Gasteiger partial charge >= 0.3 is 6.16 Å². The van der Waals surface area contributed by atoms with Gasteiger partial charge in [0.2, 0.25) is 12.2 Å². The van der Waals surface area contributed by atoms with Crippen molar-refractivity contribution in [3.8, 4) is 5.88 Å². The molecule has 1 N–H and O–H groups in total. The van der Waals surface area contributed by atoms with Gasteiger partial charge in [-0.15, -0.1) is 5.10 Å². The van der Waals surface area contributed by atoms with E-state index in [1.54, 1.807) is 7.11 Å². The Kier molecular flexibility index (Phi) is 9.38. The topological polar surface area (TPSA) is 101 Å². The summed E-state index contributed by atoms with van der Waals surface area (Å²) in [6.07, 6.45) is -0.975. The average molecular weight is 429 g/mol. The summed E-state index contributed by atoms with van der Waals surface area (Å²) in [5.74, 6) is 0.697. The van der Waals surface area contributed by atoms with E-state index in [1.165, 1.54) is 0 Å². The molecule has 1 aromatic heterocycles. The van der Waals surface area contributed by atoms with Gasteiger partial charge in [-0.1, -0.05) is 20.8 Å². The van der Waals surface area contributed by atoms with Gasteiger partial charge in [0.1, 0.15) is 6.61 Å². The maximum Gasteiger partial charge on any atom is 0.508 e. The fraction of sp³-hybridized carbons (Fsp3) is 0.810. The summed E-state index contributed by atoms with van der Waals surface area (Å²) in [5, 5.41) is 14.8. The molecule has 0 amide bonds. The van der Waals surface area contributed by atoms with Crippen LogP contribution < -0.4 is 4.74 Å². The van der Waals surface area contributed by atoms with Crippen molar-refractivity contribution in [1.82, 2.24) is 9.78 Å². The fourth-order valence-corrected chi connectivity index (χ4v) is 3.29. The summed E-state index contributed by atoms with van der Waals surface area (Å²) >= 11 is 0. The van der Waals surface area contributed by atoms with Gasteiger partial charge in [0.25, 0.3) is 0 Å². The number of ether oxygens (including phenoxy) is 5. The highest BCUT2D eigenvalue weighted by atomic mass is 16.7. The van der Waals surface area contributed by atoms with Crippen molar-refractivity contribution in [2.24, 2.45) is 5.92 Å². The molecule has 4 atom stereocenters. The van der Waals surface area contributed by atoms with Gasteiger partial charge in [-0.25, -0.2) is 4.79 Å². The minimum atomic E-state index is -0.737. The molecule has 1 fully saturated rings. The average Bonchev–Trinajstić information content (AvgIpc) is 2.97. The third-order valence-electron chi connectivity index (χ3n) is 5.09. The zero-order chi connectivity index (χ0) is 22.3. The quantitative estimate of drug-likeness (QED) is 0.567. The van der Waals surface area contributed by atoms with Gasteiger partial charge in [0.05, 0.1) is 31.5 Å². The van der Waals surface area contributed by atoms with E-state index in [0.29, 0.717) is 31.9 Å². The summed E-state index contributed by atoms with van der Waals surface area (Å²) in [6, 6.07) is 0.113. The zero-order valence-electron chi connectivity index (χ0n) is 18.9. The number of rotatable bonds is 10. The number of nitrogens with zero attached hydrogens (tertiary/aromatic N) is 2. The summed E-state index contributed by atoms with van der Waals surface area (Å²) in [5.41, 5.74) is 1.91. The Hall–Kier alpha value is -1.84. The number of carbonyl (C=O) groups is 1. The van der Waals surface area contributed by atoms with Crippen molar-refractivity contribution in [2.75, 3.05) is 26.9 Å². The molecule has 1 aliphatic heterocycles. The molecule has 0 bridgehead atoms. The van der Waals surface area contributed by atoms with Gasteiger partial charge in [-0.05, 0) is 26.2 Å². The molecule has 2 heterocycles. The minimum absolute atomic E-state index is 0.00789. The lowest BCUT2D eigenvalue weighted by atomic mass is 10.1. The van der Waals surface area contributed by atoms with E-state index < -0.39 is 24.7 Å². The van der Waals surface area contributed by atoms with E-state index >= 15 is 0 Å². The predicted molar refractivity (Wildman–Crippen MR) is 110 cm³/mol. The second kappa shape index (κ2) is 11.5. The third-order valence-corrected chi connectivity index (χ3v) is 5.09. The molecule has 9 heteroatoms. The number of carbonyl (C=O) groups excluding carboxylic acids is 1. The van der Waals surface area contributed by atoms with Crippen LogP contribution in [-0.2, 0) is 18.9 Å². The van der Waals surface area contributed by atoms with Crippen molar-refractivity contribution in [3.63, 3.8) is 0 Å². The predicted octanol–water partition coefficient (Wildman–Crippen LogP) is 3.15. The van der Waals surface area contributed by atoms with Crippen LogP contribution in [0.2, 0.25) is 0 Å². The summed E-state index contributed by atoms with van der Waals surface area (Å²) in [6.45, 7) is 10.7. The van der Waals surface area contributed by atoms with Gasteiger partial charge < -0.3 is 28.8 Å². The lowest BCUT2D eigenvalue weighted by molar-refractivity contribution is -0.187. The van der Waals surface area contributed by atoms with Gasteiger partial charge in [-0.2, -0.15) is 0 Å². The molecule has 2 rings (SSSR count). The van der Waals surface area contributed by atoms with Crippen LogP contribution in [-0.4, -0.2) is 66.5 Å². The van der Waals surface area contributed by atoms with E-state index in [0.717, 1.165) is 17.7 Å². The van der Waals surface area contributed by atoms with Crippen LogP contribution in [0.1, 0.15) is 57.3 Å². The Bertz CT molecular complexity index is 677. The lowest BCUT2D eigenvalue weighted by Crippen LogP contribution is -2.41. The second-order valence-electron chi connectivity index (χ2n) is 8.17. The molecule has 172 valence electrons. The van der Waals surface area contributed by atoms with Crippen LogP contribution >= 0.6 is 0 Å². The molecule has 0 radical (unpaired) electrons. The maximum atomic E-state index is 11.7. The van der Waals surface area contributed by atoms with Crippen LogP contribution in [0.5, 0.6) is 5.88 Å². The molecule has 0 aliphatic carbocycles. The molecule has 9 nitrogen and oxygen atoms in total. The molecule has 1 saturated heterocycles. The van der Waals surface area contributed by atoms with Crippen molar-refractivity contribution in [3.05, 3.63) is 11.3 Å². The molecule has 0 aromatic carbocycles. The third kappa shape index (κ3) is 6.85. The highest BCUT2D eigenvalue weighted by Gasteiger charge is 2.32.